The van der Waals surface area contributed by atoms with Crippen molar-refractivity contribution in [1.82, 2.24) is 0 Å². The van der Waals surface area contributed by atoms with Crippen molar-refractivity contribution in [3.8, 4) is 0 Å². The van der Waals surface area contributed by atoms with E-state index in [1.807, 2.05) is 0 Å². The summed E-state index contributed by atoms with van der Waals surface area (Å²) in [5, 5.41) is 7.05. The Kier molecular flexibility index (Phi) is 2.33. The van der Waals surface area contributed by atoms with E-state index in [2.05, 4.69) is 15.9 Å². The Balaban J connectivity index is 3.10. The number of thiophene rings is 1. The molecule has 1 heterocycles. The quantitative estimate of drug-likeness (QED) is 0.574. The smallest absolute Gasteiger partial charge is 0.133 e. The standard InChI is InChI=1S/C5H4BrClN2S/c6-2-1-3(5(8)9)10-4(2)7/h1H,(H3,8,9). The van der Waals surface area contributed by atoms with Gasteiger partial charge in [-0.1, -0.05) is 11.6 Å². The Morgan fingerprint density at radius 3 is 2.60 bits per heavy atom. The number of nitrogens with one attached hydrogen (secondary N) is 1. The Morgan fingerprint density at radius 1 is 1.80 bits per heavy atom. The van der Waals surface area contributed by atoms with Crippen molar-refractivity contribution >= 4 is 44.7 Å². The molecule has 0 spiro atoms. The van der Waals surface area contributed by atoms with Crippen LogP contribution in [0.5, 0.6) is 0 Å². The topological polar surface area (TPSA) is 49.9 Å². The number of nitrogen functional groups attached to an aromatic ring is 1. The van der Waals surface area contributed by atoms with Gasteiger partial charge < -0.3 is 5.73 Å². The van der Waals surface area contributed by atoms with E-state index in [1.165, 1.54) is 11.3 Å². The van der Waals surface area contributed by atoms with Crippen molar-refractivity contribution in [2.75, 3.05) is 0 Å². The van der Waals surface area contributed by atoms with Crippen LogP contribution in [-0.2, 0) is 0 Å². The van der Waals surface area contributed by atoms with E-state index in [0.29, 0.717) is 9.21 Å². The molecule has 1 aromatic rings. The van der Waals surface area contributed by atoms with Gasteiger partial charge in [0.2, 0.25) is 0 Å². The molecule has 0 saturated carbocycles. The second-order valence-corrected chi connectivity index (χ2v) is 4.15. The monoisotopic (exact) mass is 238 g/mol. The molecule has 0 atom stereocenters. The van der Waals surface area contributed by atoms with Crippen molar-refractivity contribution in [3.05, 3.63) is 19.8 Å². The summed E-state index contributed by atoms with van der Waals surface area (Å²) < 4.78 is 1.43. The van der Waals surface area contributed by atoms with Crippen LogP contribution in [0.25, 0.3) is 0 Å². The van der Waals surface area contributed by atoms with Crippen LogP contribution in [0, 0.1) is 5.41 Å². The van der Waals surface area contributed by atoms with Crippen LogP contribution in [0.15, 0.2) is 10.5 Å². The summed E-state index contributed by atoms with van der Waals surface area (Å²) >= 11 is 10.2. The van der Waals surface area contributed by atoms with Crippen LogP contribution < -0.4 is 5.73 Å². The Hall–Kier alpha value is -0.0600. The van der Waals surface area contributed by atoms with Crippen LogP contribution in [0.3, 0.4) is 0 Å². The highest BCUT2D eigenvalue weighted by Gasteiger charge is 2.05. The summed E-state index contributed by atoms with van der Waals surface area (Å²) in [4.78, 5) is 0.692. The minimum atomic E-state index is 0.0533. The number of amidine groups is 1. The second-order valence-electron chi connectivity index (χ2n) is 1.65. The summed E-state index contributed by atoms with van der Waals surface area (Å²) in [6.45, 7) is 0. The zero-order chi connectivity index (χ0) is 7.72. The molecule has 10 heavy (non-hydrogen) atoms. The number of nitrogens with two attached hydrogens (primary N) is 1. The van der Waals surface area contributed by atoms with Gasteiger partial charge in [0.15, 0.2) is 0 Å². The van der Waals surface area contributed by atoms with E-state index in [4.69, 9.17) is 22.7 Å². The summed E-state index contributed by atoms with van der Waals surface area (Å²) in [5.74, 6) is 0.0533. The van der Waals surface area contributed by atoms with E-state index in [1.54, 1.807) is 6.07 Å². The van der Waals surface area contributed by atoms with Crippen LogP contribution >= 0.6 is 38.9 Å². The molecule has 0 radical (unpaired) electrons. The van der Waals surface area contributed by atoms with E-state index in [0.717, 1.165) is 4.47 Å². The Labute approximate surface area is 75.6 Å². The first kappa shape index (κ1) is 8.04. The highest BCUT2D eigenvalue weighted by molar-refractivity contribution is 9.10. The lowest BCUT2D eigenvalue weighted by Gasteiger charge is -1.85. The molecule has 0 aliphatic heterocycles. The largest absolute Gasteiger partial charge is 0.383 e. The fourth-order valence-corrected chi connectivity index (χ4v) is 2.04. The Bertz CT molecular complexity index is 251. The highest BCUT2D eigenvalue weighted by Crippen LogP contribution is 2.31. The maximum atomic E-state index is 7.05. The molecule has 5 heteroatoms. The highest BCUT2D eigenvalue weighted by atomic mass is 79.9. The SMILES string of the molecule is N=C(N)c1cc(Br)c(Cl)s1. The number of hydrogen-bond donors (Lipinski definition) is 2. The lowest BCUT2D eigenvalue weighted by atomic mass is 10.4. The first-order chi connectivity index (χ1) is 4.61. The molecule has 2 nitrogen and oxygen atoms in total. The van der Waals surface area contributed by atoms with Gasteiger partial charge in [-0.25, -0.2) is 0 Å². The maximum absolute atomic E-state index is 7.05. The fraction of sp³-hybridized carbons (Fsp3) is 0. The molecule has 54 valence electrons. The van der Waals surface area contributed by atoms with Gasteiger partial charge in [0.1, 0.15) is 10.2 Å². The third kappa shape index (κ3) is 1.51. The first-order valence-electron chi connectivity index (χ1n) is 2.40. The maximum Gasteiger partial charge on any atom is 0.133 e. The van der Waals surface area contributed by atoms with Crippen molar-refractivity contribution in [1.29, 1.82) is 5.41 Å². The summed E-state index contributed by atoms with van der Waals surface area (Å²) in [6.07, 6.45) is 0. The first-order valence-corrected chi connectivity index (χ1v) is 4.39. The van der Waals surface area contributed by atoms with Gasteiger partial charge in [0, 0.05) is 4.47 Å². The average molecular weight is 240 g/mol. The van der Waals surface area contributed by atoms with Crippen LogP contribution in [0.1, 0.15) is 4.88 Å². The van der Waals surface area contributed by atoms with Crippen molar-refractivity contribution in [3.63, 3.8) is 0 Å². The van der Waals surface area contributed by atoms with Gasteiger partial charge in [-0.2, -0.15) is 0 Å². The van der Waals surface area contributed by atoms with Gasteiger partial charge in [0.05, 0.1) is 4.88 Å². The molecular formula is C5H4BrClN2S. The Morgan fingerprint density at radius 2 is 2.40 bits per heavy atom. The molecule has 3 N–H and O–H groups in total. The van der Waals surface area contributed by atoms with Crippen molar-refractivity contribution in [2.45, 2.75) is 0 Å². The van der Waals surface area contributed by atoms with Gasteiger partial charge >= 0.3 is 0 Å². The molecule has 0 bridgehead atoms. The summed E-state index contributed by atoms with van der Waals surface area (Å²) in [7, 11) is 0. The van der Waals surface area contributed by atoms with Gasteiger partial charge in [0.25, 0.3) is 0 Å². The summed E-state index contributed by atoms with van der Waals surface area (Å²) in [6, 6.07) is 1.73. The number of rotatable bonds is 1. The molecule has 0 aromatic carbocycles. The minimum absolute atomic E-state index is 0.0533. The summed E-state index contributed by atoms with van der Waals surface area (Å²) in [5.41, 5.74) is 5.21. The molecule has 1 rings (SSSR count). The van der Waals surface area contributed by atoms with E-state index >= 15 is 0 Å². The van der Waals surface area contributed by atoms with Crippen molar-refractivity contribution < 1.29 is 0 Å². The second kappa shape index (κ2) is 2.90. The zero-order valence-electron chi connectivity index (χ0n) is 4.82. The van der Waals surface area contributed by atoms with Gasteiger partial charge in [-0.05, 0) is 22.0 Å². The molecule has 0 fully saturated rings. The predicted octanol–water partition coefficient (Wildman–Crippen LogP) is 2.45. The number of halogens is 2. The average Bonchev–Trinajstić information content (AvgIpc) is 2.13. The normalized spacial score (nSPS) is 9.80. The zero-order valence-corrected chi connectivity index (χ0v) is 7.98. The molecule has 0 saturated heterocycles. The van der Waals surface area contributed by atoms with E-state index in [-0.39, 0.29) is 5.84 Å². The lowest BCUT2D eigenvalue weighted by Crippen LogP contribution is -2.08. The van der Waals surface area contributed by atoms with Crippen LogP contribution in [0.2, 0.25) is 4.34 Å². The predicted molar refractivity (Wildman–Crippen MR) is 48.0 cm³/mol. The van der Waals surface area contributed by atoms with Crippen molar-refractivity contribution in [2.24, 2.45) is 5.73 Å². The van der Waals surface area contributed by atoms with Crippen LogP contribution in [-0.4, -0.2) is 5.84 Å². The molecule has 0 aliphatic rings. The molecule has 1 aromatic heterocycles. The van der Waals surface area contributed by atoms with Gasteiger partial charge in [-0.3, -0.25) is 5.41 Å². The third-order valence-electron chi connectivity index (χ3n) is 0.911. The molecule has 0 aliphatic carbocycles. The molecule has 0 amide bonds. The minimum Gasteiger partial charge on any atom is -0.383 e. The van der Waals surface area contributed by atoms with Gasteiger partial charge in [-0.15, -0.1) is 11.3 Å². The van der Waals surface area contributed by atoms with E-state index < -0.39 is 0 Å². The fourth-order valence-electron chi connectivity index (χ4n) is 0.479. The molecular weight excluding hydrogens is 235 g/mol. The lowest BCUT2D eigenvalue weighted by molar-refractivity contribution is 1.45. The van der Waals surface area contributed by atoms with Crippen LogP contribution in [0.4, 0.5) is 0 Å². The number of hydrogen-bond acceptors (Lipinski definition) is 2. The molecule has 0 unspecified atom stereocenters. The third-order valence-corrected chi connectivity index (χ3v) is 3.42. The van der Waals surface area contributed by atoms with E-state index in [9.17, 15) is 0 Å².